The Balaban J connectivity index is 2.28. The zero-order chi connectivity index (χ0) is 10.8. The molecule has 0 heterocycles. The monoisotopic (exact) mass is 211 g/mol. The summed E-state index contributed by atoms with van der Waals surface area (Å²) < 4.78 is 41.3. The predicted octanol–water partition coefficient (Wildman–Crippen LogP) is 1.23. The molecule has 0 bridgehead atoms. The van der Waals surface area contributed by atoms with Gasteiger partial charge in [-0.15, -0.1) is 0 Å². The van der Waals surface area contributed by atoms with Gasteiger partial charge in [0.15, 0.2) is 0 Å². The third-order valence-electron chi connectivity index (χ3n) is 2.31. The Morgan fingerprint density at radius 1 is 1.50 bits per heavy atom. The van der Waals surface area contributed by atoms with Gasteiger partial charge in [0.1, 0.15) is 5.54 Å². The highest BCUT2D eigenvalue weighted by molar-refractivity contribution is 5.69. The first-order chi connectivity index (χ1) is 6.41. The Morgan fingerprint density at radius 2 is 2.07 bits per heavy atom. The molecule has 0 spiro atoms. The van der Waals surface area contributed by atoms with Gasteiger partial charge in [-0.05, 0) is 12.8 Å². The highest BCUT2D eigenvalue weighted by atomic mass is 19.4. The lowest BCUT2D eigenvalue weighted by Crippen LogP contribution is -2.45. The van der Waals surface area contributed by atoms with Crippen LogP contribution in [0.15, 0.2) is 0 Å². The molecule has 0 aromatic heterocycles. The van der Waals surface area contributed by atoms with Crippen molar-refractivity contribution < 1.29 is 22.7 Å². The quantitative estimate of drug-likeness (QED) is 0.711. The Kier molecular flexibility index (Phi) is 3.04. The van der Waals surface area contributed by atoms with Crippen LogP contribution >= 0.6 is 0 Å². The lowest BCUT2D eigenvalue weighted by Gasteiger charge is -2.20. The minimum absolute atomic E-state index is 0.00613. The van der Waals surface area contributed by atoms with E-state index in [1.807, 2.05) is 0 Å². The number of esters is 1. The second kappa shape index (κ2) is 3.76. The molecule has 0 aromatic rings. The molecule has 1 rings (SSSR count). The topological polar surface area (TPSA) is 38.3 Å². The number of rotatable bonds is 4. The second-order valence-corrected chi connectivity index (χ2v) is 3.33. The number of carbonyl (C=O) groups is 1. The van der Waals surface area contributed by atoms with Gasteiger partial charge in [-0.1, -0.05) is 0 Å². The Hall–Kier alpha value is -0.780. The summed E-state index contributed by atoms with van der Waals surface area (Å²) in [6.45, 7) is 0.00613. The Labute approximate surface area is 79.6 Å². The van der Waals surface area contributed by atoms with Gasteiger partial charge < -0.3 is 10.1 Å². The van der Waals surface area contributed by atoms with Gasteiger partial charge in [-0.25, -0.2) is 0 Å². The maximum atomic E-state index is 12.3. The van der Waals surface area contributed by atoms with Crippen LogP contribution in [0.25, 0.3) is 0 Å². The first kappa shape index (κ1) is 11.3. The molecule has 1 fully saturated rings. The zero-order valence-corrected chi connectivity index (χ0v) is 7.78. The number of halogens is 3. The summed E-state index contributed by atoms with van der Waals surface area (Å²) in [6, 6.07) is 0. The van der Waals surface area contributed by atoms with Gasteiger partial charge in [-0.2, -0.15) is 13.2 Å². The van der Waals surface area contributed by atoms with Gasteiger partial charge in [0.25, 0.3) is 0 Å². The van der Waals surface area contributed by atoms with Gasteiger partial charge >= 0.3 is 12.1 Å². The maximum Gasteiger partial charge on any atom is 0.406 e. The molecule has 1 N–H and O–H groups in total. The summed E-state index contributed by atoms with van der Waals surface area (Å²) in [5, 5.41) is 2.35. The molecule has 82 valence electrons. The molecule has 3 nitrogen and oxygen atoms in total. The van der Waals surface area contributed by atoms with E-state index in [4.69, 9.17) is 0 Å². The summed E-state index contributed by atoms with van der Waals surface area (Å²) in [6.07, 6.45) is -4.06. The van der Waals surface area contributed by atoms with Crippen molar-refractivity contribution in [1.82, 2.24) is 5.32 Å². The van der Waals surface area contributed by atoms with E-state index >= 15 is 0 Å². The van der Waals surface area contributed by atoms with Crippen molar-refractivity contribution >= 4 is 5.97 Å². The molecule has 1 aliphatic carbocycles. The van der Waals surface area contributed by atoms with Crippen LogP contribution in [-0.2, 0) is 9.53 Å². The molecule has 14 heavy (non-hydrogen) atoms. The zero-order valence-electron chi connectivity index (χ0n) is 7.78. The summed E-state index contributed by atoms with van der Waals surface area (Å²) in [7, 11) is 1.21. The molecule has 1 saturated carbocycles. The highest BCUT2D eigenvalue weighted by Crippen LogP contribution is 2.48. The molecule has 0 radical (unpaired) electrons. The highest BCUT2D eigenvalue weighted by Gasteiger charge is 2.62. The first-order valence-corrected chi connectivity index (χ1v) is 4.30. The van der Waals surface area contributed by atoms with Gasteiger partial charge in [-0.3, -0.25) is 4.79 Å². The lowest BCUT2D eigenvalue weighted by atomic mass is 10.2. The number of carbonyl (C=O) groups excluding carboxylic acids is 1. The van der Waals surface area contributed by atoms with Gasteiger partial charge in [0, 0.05) is 6.54 Å². The molecule has 1 aliphatic rings. The van der Waals surface area contributed by atoms with Crippen LogP contribution < -0.4 is 5.32 Å². The van der Waals surface area contributed by atoms with Crippen molar-refractivity contribution in [2.75, 3.05) is 13.7 Å². The van der Waals surface area contributed by atoms with Crippen LogP contribution in [0.5, 0.6) is 0 Å². The molecule has 0 unspecified atom stereocenters. The van der Waals surface area contributed by atoms with Crippen LogP contribution in [-0.4, -0.2) is 31.3 Å². The standard InChI is InChI=1S/C8H12F3NO2/c1-14-6(13)2-5-12-7(3-4-7)8(9,10)11/h12H,2-5H2,1H3. The minimum atomic E-state index is -4.22. The third-order valence-corrected chi connectivity index (χ3v) is 2.31. The average Bonchev–Trinajstić information content (AvgIpc) is 2.84. The molecule has 0 saturated heterocycles. The molecule has 0 atom stereocenters. The lowest BCUT2D eigenvalue weighted by molar-refractivity contribution is -0.166. The number of ether oxygens (including phenoxy) is 1. The van der Waals surface area contributed by atoms with E-state index in [1.165, 1.54) is 7.11 Å². The second-order valence-electron chi connectivity index (χ2n) is 3.33. The van der Waals surface area contributed by atoms with E-state index in [0.717, 1.165) is 0 Å². The fraction of sp³-hybridized carbons (Fsp3) is 0.875. The van der Waals surface area contributed by atoms with Crippen molar-refractivity contribution in [3.05, 3.63) is 0 Å². The van der Waals surface area contributed by atoms with Crippen molar-refractivity contribution in [1.29, 1.82) is 0 Å². The van der Waals surface area contributed by atoms with E-state index in [-0.39, 0.29) is 25.8 Å². The van der Waals surface area contributed by atoms with Gasteiger partial charge in [0.2, 0.25) is 0 Å². The van der Waals surface area contributed by atoms with Crippen LogP contribution in [0.3, 0.4) is 0 Å². The molecule has 0 amide bonds. The molecule has 0 aliphatic heterocycles. The molecular formula is C8H12F3NO2. The smallest absolute Gasteiger partial charge is 0.406 e. The van der Waals surface area contributed by atoms with E-state index < -0.39 is 17.7 Å². The van der Waals surface area contributed by atoms with Crippen LogP contribution in [0.4, 0.5) is 13.2 Å². The first-order valence-electron chi connectivity index (χ1n) is 4.30. The average molecular weight is 211 g/mol. The summed E-state index contributed by atoms with van der Waals surface area (Å²) in [5.41, 5.74) is -1.74. The Bertz CT molecular complexity index is 223. The molecular weight excluding hydrogens is 199 g/mol. The largest absolute Gasteiger partial charge is 0.469 e. The summed E-state index contributed by atoms with van der Waals surface area (Å²) >= 11 is 0. The van der Waals surface area contributed by atoms with Crippen LogP contribution in [0, 0.1) is 0 Å². The number of hydrogen-bond acceptors (Lipinski definition) is 3. The predicted molar refractivity (Wildman–Crippen MR) is 42.7 cm³/mol. The SMILES string of the molecule is COC(=O)CCNC1(C(F)(F)F)CC1. The van der Waals surface area contributed by atoms with Gasteiger partial charge in [0.05, 0.1) is 13.5 Å². The number of alkyl halides is 3. The van der Waals surface area contributed by atoms with Crippen LogP contribution in [0.2, 0.25) is 0 Å². The van der Waals surface area contributed by atoms with Crippen LogP contribution in [0.1, 0.15) is 19.3 Å². The maximum absolute atomic E-state index is 12.3. The van der Waals surface area contributed by atoms with E-state index in [2.05, 4.69) is 10.1 Å². The number of methoxy groups -OCH3 is 1. The van der Waals surface area contributed by atoms with Crippen molar-refractivity contribution in [3.63, 3.8) is 0 Å². The van der Waals surface area contributed by atoms with E-state index in [9.17, 15) is 18.0 Å². The summed E-state index contributed by atoms with van der Waals surface area (Å²) in [4.78, 5) is 10.6. The van der Waals surface area contributed by atoms with E-state index in [0.29, 0.717) is 0 Å². The third kappa shape index (κ3) is 2.37. The van der Waals surface area contributed by atoms with E-state index in [1.54, 1.807) is 0 Å². The molecule has 0 aromatic carbocycles. The minimum Gasteiger partial charge on any atom is -0.469 e. The fourth-order valence-corrected chi connectivity index (χ4v) is 1.19. The van der Waals surface area contributed by atoms with Crippen molar-refractivity contribution in [3.8, 4) is 0 Å². The van der Waals surface area contributed by atoms with Crippen molar-refractivity contribution in [2.24, 2.45) is 0 Å². The normalized spacial score (nSPS) is 19.1. The molecule has 6 heteroatoms. The number of nitrogens with one attached hydrogen (secondary N) is 1. The number of hydrogen-bond donors (Lipinski definition) is 1. The fourth-order valence-electron chi connectivity index (χ4n) is 1.19. The Morgan fingerprint density at radius 3 is 2.43 bits per heavy atom. The van der Waals surface area contributed by atoms with Crippen molar-refractivity contribution in [2.45, 2.75) is 31.0 Å². The summed E-state index contributed by atoms with van der Waals surface area (Å²) in [5.74, 6) is -0.504.